The lowest BCUT2D eigenvalue weighted by Gasteiger charge is -2.25. The molecule has 0 saturated heterocycles. The molecule has 0 heterocycles. The highest BCUT2D eigenvalue weighted by atomic mass is 16.5. The smallest absolute Gasteiger partial charge is 0.310 e. The van der Waals surface area contributed by atoms with E-state index in [1.165, 1.54) is 12.7 Å². The Bertz CT molecular complexity index is 685. The number of carbonyl (C=O) groups excluding carboxylic acids is 2. The van der Waals surface area contributed by atoms with E-state index < -0.39 is 0 Å². The van der Waals surface area contributed by atoms with Crippen LogP contribution in [0.2, 0.25) is 0 Å². The van der Waals surface area contributed by atoms with Gasteiger partial charge in [0, 0.05) is 19.5 Å². The van der Waals surface area contributed by atoms with Gasteiger partial charge in [-0.3, -0.25) is 9.59 Å². The van der Waals surface area contributed by atoms with Crippen LogP contribution in [0.3, 0.4) is 0 Å². The van der Waals surface area contributed by atoms with Crippen molar-refractivity contribution in [2.24, 2.45) is 5.92 Å². The average Bonchev–Trinajstić information content (AvgIpc) is 2.68. The Hall–Kier alpha value is -2.62. The van der Waals surface area contributed by atoms with Crippen molar-refractivity contribution >= 4 is 11.9 Å². The standard InChI is InChI=1S/C22H27NO3/c1-18(22(25)26-2)16-23(17-20-12-7-4-8-13-20)21(24)15-9-14-19-10-5-3-6-11-19/h3-8,10-13,18H,9,14-17H2,1-2H3. The van der Waals surface area contributed by atoms with Crippen LogP contribution in [0.5, 0.6) is 0 Å². The first-order valence-corrected chi connectivity index (χ1v) is 9.03. The monoisotopic (exact) mass is 353 g/mol. The number of aryl methyl sites for hydroxylation is 1. The van der Waals surface area contributed by atoms with Crippen molar-refractivity contribution in [3.05, 3.63) is 71.8 Å². The molecular formula is C22H27NO3. The third kappa shape index (κ3) is 6.36. The van der Waals surface area contributed by atoms with Crippen molar-refractivity contribution in [1.82, 2.24) is 4.90 Å². The van der Waals surface area contributed by atoms with Crippen LogP contribution < -0.4 is 0 Å². The number of amides is 1. The van der Waals surface area contributed by atoms with Crippen LogP contribution in [-0.4, -0.2) is 30.4 Å². The molecular weight excluding hydrogens is 326 g/mol. The maximum absolute atomic E-state index is 12.8. The van der Waals surface area contributed by atoms with Crippen molar-refractivity contribution in [2.45, 2.75) is 32.7 Å². The summed E-state index contributed by atoms with van der Waals surface area (Å²) >= 11 is 0. The van der Waals surface area contributed by atoms with Gasteiger partial charge in [0.1, 0.15) is 0 Å². The van der Waals surface area contributed by atoms with Gasteiger partial charge in [0.15, 0.2) is 0 Å². The van der Waals surface area contributed by atoms with Crippen molar-refractivity contribution in [3.8, 4) is 0 Å². The predicted octanol–water partition coefficient (Wildman–Crippen LogP) is 3.85. The zero-order chi connectivity index (χ0) is 18.8. The zero-order valence-corrected chi connectivity index (χ0v) is 15.6. The fourth-order valence-electron chi connectivity index (χ4n) is 2.91. The molecule has 0 spiro atoms. The number of rotatable bonds is 9. The summed E-state index contributed by atoms with van der Waals surface area (Å²) in [6.45, 7) is 2.67. The average molecular weight is 353 g/mol. The molecule has 0 saturated carbocycles. The lowest BCUT2D eigenvalue weighted by Crippen LogP contribution is -2.36. The summed E-state index contributed by atoms with van der Waals surface area (Å²) in [7, 11) is 1.38. The summed E-state index contributed by atoms with van der Waals surface area (Å²) in [6, 6.07) is 20.0. The van der Waals surface area contributed by atoms with Gasteiger partial charge in [-0.05, 0) is 24.0 Å². The van der Waals surface area contributed by atoms with E-state index in [0.717, 1.165) is 18.4 Å². The summed E-state index contributed by atoms with van der Waals surface area (Å²) in [4.78, 5) is 26.3. The van der Waals surface area contributed by atoms with E-state index in [-0.39, 0.29) is 17.8 Å². The Labute approximate surface area is 155 Å². The van der Waals surface area contributed by atoms with E-state index in [4.69, 9.17) is 4.74 Å². The first-order valence-electron chi connectivity index (χ1n) is 9.03. The third-order valence-electron chi connectivity index (χ3n) is 4.37. The Morgan fingerprint density at radius 2 is 1.54 bits per heavy atom. The number of esters is 1. The maximum atomic E-state index is 12.8. The number of hydrogen-bond donors (Lipinski definition) is 0. The van der Waals surface area contributed by atoms with Gasteiger partial charge < -0.3 is 9.64 Å². The van der Waals surface area contributed by atoms with Crippen LogP contribution >= 0.6 is 0 Å². The lowest BCUT2D eigenvalue weighted by molar-refractivity contribution is -0.146. The number of benzene rings is 2. The highest BCUT2D eigenvalue weighted by Gasteiger charge is 2.21. The van der Waals surface area contributed by atoms with Crippen LogP contribution in [0.4, 0.5) is 0 Å². The van der Waals surface area contributed by atoms with Gasteiger partial charge >= 0.3 is 5.97 Å². The minimum atomic E-state index is -0.346. The molecule has 0 aliphatic carbocycles. The van der Waals surface area contributed by atoms with E-state index in [1.54, 1.807) is 11.8 Å². The summed E-state index contributed by atoms with van der Waals surface area (Å²) in [5, 5.41) is 0. The van der Waals surface area contributed by atoms with Crippen LogP contribution in [0.25, 0.3) is 0 Å². The fourth-order valence-corrected chi connectivity index (χ4v) is 2.91. The lowest BCUT2D eigenvalue weighted by atomic mass is 10.1. The minimum absolute atomic E-state index is 0.0699. The molecule has 138 valence electrons. The minimum Gasteiger partial charge on any atom is -0.469 e. The van der Waals surface area contributed by atoms with Gasteiger partial charge in [0.05, 0.1) is 13.0 Å². The highest BCUT2D eigenvalue weighted by molar-refractivity contribution is 5.78. The normalized spacial score (nSPS) is 11.6. The van der Waals surface area contributed by atoms with Gasteiger partial charge in [0.25, 0.3) is 0 Å². The van der Waals surface area contributed by atoms with Crippen LogP contribution in [0, 0.1) is 5.92 Å². The largest absolute Gasteiger partial charge is 0.469 e. The SMILES string of the molecule is COC(=O)C(C)CN(Cc1ccccc1)C(=O)CCCc1ccccc1. The topological polar surface area (TPSA) is 46.6 Å². The van der Waals surface area contributed by atoms with Gasteiger partial charge in [0.2, 0.25) is 5.91 Å². The number of hydrogen-bond acceptors (Lipinski definition) is 3. The molecule has 1 amide bonds. The van der Waals surface area contributed by atoms with Crippen molar-refractivity contribution in [3.63, 3.8) is 0 Å². The van der Waals surface area contributed by atoms with E-state index >= 15 is 0 Å². The maximum Gasteiger partial charge on any atom is 0.310 e. The first kappa shape index (κ1) is 19.7. The molecule has 2 aromatic carbocycles. The Morgan fingerprint density at radius 3 is 2.12 bits per heavy atom. The Morgan fingerprint density at radius 1 is 0.962 bits per heavy atom. The molecule has 0 aromatic heterocycles. The molecule has 0 fully saturated rings. The second kappa shape index (κ2) is 10.4. The van der Waals surface area contributed by atoms with Crippen LogP contribution in [-0.2, 0) is 27.3 Å². The molecule has 4 nitrogen and oxygen atoms in total. The van der Waals surface area contributed by atoms with Crippen molar-refractivity contribution < 1.29 is 14.3 Å². The summed E-state index contributed by atoms with van der Waals surface area (Å²) in [6.07, 6.45) is 2.13. The van der Waals surface area contributed by atoms with Gasteiger partial charge in [-0.15, -0.1) is 0 Å². The van der Waals surface area contributed by atoms with Gasteiger partial charge in [-0.1, -0.05) is 67.6 Å². The Balaban J connectivity index is 1.96. The van der Waals surface area contributed by atoms with Crippen molar-refractivity contribution in [2.75, 3.05) is 13.7 Å². The van der Waals surface area contributed by atoms with Crippen molar-refractivity contribution in [1.29, 1.82) is 0 Å². The molecule has 0 radical (unpaired) electrons. The summed E-state index contributed by atoms with van der Waals surface area (Å²) in [5.74, 6) is -0.567. The first-order chi connectivity index (χ1) is 12.6. The highest BCUT2D eigenvalue weighted by Crippen LogP contribution is 2.13. The molecule has 26 heavy (non-hydrogen) atoms. The second-order valence-electron chi connectivity index (χ2n) is 6.52. The molecule has 0 aliphatic heterocycles. The molecule has 4 heteroatoms. The number of methoxy groups -OCH3 is 1. The van der Waals surface area contributed by atoms with Crippen LogP contribution in [0.15, 0.2) is 60.7 Å². The number of ether oxygens (including phenoxy) is 1. The number of nitrogens with zero attached hydrogens (tertiary/aromatic N) is 1. The van der Waals surface area contributed by atoms with E-state index in [9.17, 15) is 9.59 Å². The Kier molecular flexibility index (Phi) is 7.87. The van der Waals surface area contributed by atoms with E-state index in [0.29, 0.717) is 19.5 Å². The fraction of sp³-hybridized carbons (Fsp3) is 0.364. The van der Waals surface area contributed by atoms with Gasteiger partial charge in [-0.25, -0.2) is 0 Å². The van der Waals surface area contributed by atoms with Crippen LogP contribution in [0.1, 0.15) is 30.9 Å². The molecule has 2 rings (SSSR count). The summed E-state index contributed by atoms with van der Waals surface area (Å²) in [5.41, 5.74) is 2.29. The molecule has 0 bridgehead atoms. The molecule has 0 aliphatic rings. The predicted molar refractivity (Wildman–Crippen MR) is 102 cm³/mol. The molecule has 2 aromatic rings. The third-order valence-corrected chi connectivity index (χ3v) is 4.37. The van der Waals surface area contributed by atoms with E-state index in [1.807, 2.05) is 48.5 Å². The zero-order valence-electron chi connectivity index (χ0n) is 15.6. The molecule has 1 atom stereocenters. The molecule has 1 unspecified atom stereocenters. The number of carbonyl (C=O) groups is 2. The van der Waals surface area contributed by atoms with Gasteiger partial charge in [-0.2, -0.15) is 0 Å². The molecule has 0 N–H and O–H groups in total. The summed E-state index contributed by atoms with van der Waals surface area (Å²) < 4.78 is 4.80. The van der Waals surface area contributed by atoms with E-state index in [2.05, 4.69) is 12.1 Å². The second-order valence-corrected chi connectivity index (χ2v) is 6.52. The quantitative estimate of drug-likeness (QED) is 0.643.